The Balaban J connectivity index is 1.54. The Labute approximate surface area is 280 Å². The summed E-state index contributed by atoms with van der Waals surface area (Å²) < 4.78 is 0. The molecule has 0 saturated carbocycles. The van der Waals surface area contributed by atoms with Crippen molar-refractivity contribution in [3.63, 3.8) is 0 Å². The number of benzene rings is 7. The molecule has 0 heterocycles. The van der Waals surface area contributed by atoms with E-state index >= 15 is 0 Å². The van der Waals surface area contributed by atoms with Gasteiger partial charge in [0.25, 0.3) is 0 Å². The van der Waals surface area contributed by atoms with Crippen LogP contribution in [0, 0.1) is 13.3 Å². The minimum Gasteiger partial charge on any atom is -0.303 e. The van der Waals surface area contributed by atoms with Gasteiger partial charge in [0.2, 0.25) is 0 Å². The first kappa shape index (κ1) is 30.8. The van der Waals surface area contributed by atoms with Gasteiger partial charge in [0.05, 0.1) is 43.2 Å². The SMILES string of the molecule is [CH2-][P+](c1ccccc1)(c1ccccc1)c1ccccc1N(c1ccccc1)c1ccccc1[P+]([CH2-])(c1ccccc1)c1ccccc1. The molecule has 7 aromatic carbocycles. The molecule has 0 saturated heterocycles. The van der Waals surface area contributed by atoms with Gasteiger partial charge < -0.3 is 4.90 Å². The third-order valence-corrected chi connectivity index (χ3v) is 16.0. The predicted octanol–water partition coefficient (Wildman–Crippen LogP) is 9.33. The Bertz CT molecular complexity index is 1840. The molecule has 7 rings (SSSR count). The summed E-state index contributed by atoms with van der Waals surface area (Å²) in [6.45, 7) is 10.3. The highest BCUT2D eigenvalue weighted by atomic mass is 31.2. The van der Waals surface area contributed by atoms with E-state index in [0.717, 1.165) is 17.1 Å². The highest BCUT2D eigenvalue weighted by molar-refractivity contribution is 7.97. The van der Waals surface area contributed by atoms with Crippen molar-refractivity contribution >= 4 is 63.4 Å². The highest BCUT2D eigenvalue weighted by Crippen LogP contribution is 2.59. The average molecular weight is 642 g/mol. The normalized spacial score (nSPS) is 11.6. The number of nitrogens with zero attached hydrogens (tertiary/aromatic N) is 1. The molecule has 1 nitrogen and oxygen atoms in total. The minimum absolute atomic E-state index is 1.09. The van der Waals surface area contributed by atoms with Gasteiger partial charge in [-0.05, 0) is 99.5 Å². The fourth-order valence-electron chi connectivity index (χ4n) is 6.52. The molecule has 0 aromatic heterocycles. The molecule has 0 radical (unpaired) electrons. The van der Waals surface area contributed by atoms with Crippen molar-refractivity contribution < 1.29 is 0 Å². The lowest BCUT2D eigenvalue weighted by molar-refractivity contribution is 1.30. The first-order chi connectivity index (χ1) is 23.1. The molecule has 0 fully saturated rings. The first-order valence-corrected chi connectivity index (χ1v) is 19.8. The molecule has 3 heteroatoms. The van der Waals surface area contributed by atoms with E-state index in [1.54, 1.807) is 0 Å². The number of hydrogen-bond acceptors (Lipinski definition) is 1. The Kier molecular flexibility index (Phi) is 8.86. The molecule has 0 spiro atoms. The Morgan fingerprint density at radius 3 is 0.872 bits per heavy atom. The van der Waals surface area contributed by atoms with Crippen LogP contribution in [-0.2, 0) is 0 Å². The third-order valence-electron chi connectivity index (χ3n) is 8.87. The minimum atomic E-state index is -2.33. The van der Waals surface area contributed by atoms with Crippen molar-refractivity contribution in [1.82, 2.24) is 0 Å². The lowest BCUT2D eigenvalue weighted by atomic mass is 10.2. The van der Waals surface area contributed by atoms with E-state index in [0.29, 0.717) is 0 Å². The molecule has 228 valence electrons. The summed E-state index contributed by atoms with van der Waals surface area (Å²) in [5, 5.41) is 7.42. The van der Waals surface area contributed by atoms with Gasteiger partial charge in [-0.1, -0.05) is 115 Å². The maximum atomic E-state index is 5.16. The van der Waals surface area contributed by atoms with Crippen LogP contribution in [0.1, 0.15) is 0 Å². The zero-order chi connectivity index (χ0) is 32.1. The summed E-state index contributed by atoms with van der Waals surface area (Å²) in [4.78, 5) is 2.45. The van der Waals surface area contributed by atoms with Crippen LogP contribution in [0.3, 0.4) is 0 Å². The molecule has 47 heavy (non-hydrogen) atoms. The van der Waals surface area contributed by atoms with Gasteiger partial charge in [0.1, 0.15) is 0 Å². The molecule has 7 aromatic rings. The molecule has 0 aliphatic carbocycles. The van der Waals surface area contributed by atoms with Gasteiger partial charge in [-0.25, -0.2) is 0 Å². The first-order valence-electron chi connectivity index (χ1n) is 15.9. The largest absolute Gasteiger partial charge is 0.303 e. The van der Waals surface area contributed by atoms with Crippen LogP contribution in [0.2, 0.25) is 0 Å². The fourth-order valence-corrected chi connectivity index (χ4v) is 12.8. The summed E-state index contributed by atoms with van der Waals surface area (Å²) in [5.74, 6) is 0. The topological polar surface area (TPSA) is 3.24 Å². The summed E-state index contributed by atoms with van der Waals surface area (Å²) in [6, 6.07) is 71.8. The van der Waals surface area contributed by atoms with Gasteiger partial charge in [-0.15, -0.1) is 0 Å². The second-order valence-electron chi connectivity index (χ2n) is 11.6. The maximum absolute atomic E-state index is 5.16. The zero-order valence-electron chi connectivity index (χ0n) is 26.3. The average Bonchev–Trinajstić information content (AvgIpc) is 3.16. The summed E-state index contributed by atoms with van der Waals surface area (Å²) >= 11 is 0. The molecular formula is C44H37NP2. The molecule has 0 amide bonds. The van der Waals surface area contributed by atoms with Gasteiger partial charge >= 0.3 is 0 Å². The van der Waals surface area contributed by atoms with Gasteiger partial charge in [-0.2, -0.15) is 13.3 Å². The van der Waals surface area contributed by atoms with Crippen molar-refractivity contribution in [3.8, 4) is 0 Å². The number of hydrogen-bond donors (Lipinski definition) is 0. The molecule has 0 atom stereocenters. The van der Waals surface area contributed by atoms with Crippen molar-refractivity contribution in [2.45, 2.75) is 0 Å². The van der Waals surface area contributed by atoms with E-state index in [-0.39, 0.29) is 0 Å². The fraction of sp³-hybridized carbons (Fsp3) is 0. The van der Waals surface area contributed by atoms with Crippen molar-refractivity contribution in [1.29, 1.82) is 0 Å². The van der Waals surface area contributed by atoms with Crippen LogP contribution in [0.15, 0.2) is 200 Å². The monoisotopic (exact) mass is 641 g/mol. The van der Waals surface area contributed by atoms with E-state index in [4.69, 9.17) is 13.3 Å². The Morgan fingerprint density at radius 2 is 0.553 bits per heavy atom. The van der Waals surface area contributed by atoms with Crippen LogP contribution < -0.4 is 36.7 Å². The van der Waals surface area contributed by atoms with Crippen LogP contribution >= 0.6 is 14.5 Å². The van der Waals surface area contributed by atoms with Gasteiger partial charge in [0, 0.05) is 5.69 Å². The molecule has 0 bridgehead atoms. The van der Waals surface area contributed by atoms with E-state index in [1.807, 2.05) is 0 Å². The van der Waals surface area contributed by atoms with Crippen molar-refractivity contribution in [2.24, 2.45) is 0 Å². The third kappa shape index (κ3) is 5.72. The molecule has 0 aliphatic rings. The van der Waals surface area contributed by atoms with E-state index in [2.05, 4.69) is 205 Å². The zero-order valence-corrected chi connectivity index (χ0v) is 28.1. The lowest BCUT2D eigenvalue weighted by Crippen LogP contribution is -2.35. The van der Waals surface area contributed by atoms with Crippen LogP contribution in [0.5, 0.6) is 0 Å². The van der Waals surface area contributed by atoms with Crippen LogP contribution in [-0.4, -0.2) is 0 Å². The van der Waals surface area contributed by atoms with Gasteiger partial charge in [-0.3, -0.25) is 0 Å². The van der Waals surface area contributed by atoms with E-state index in [1.165, 1.54) is 31.8 Å². The summed E-state index contributed by atoms with van der Waals surface area (Å²) in [6.07, 6.45) is 0. The van der Waals surface area contributed by atoms with E-state index in [9.17, 15) is 0 Å². The predicted molar refractivity (Wildman–Crippen MR) is 209 cm³/mol. The second kappa shape index (κ2) is 13.5. The Morgan fingerprint density at radius 1 is 0.298 bits per heavy atom. The molecule has 0 unspecified atom stereocenters. The highest BCUT2D eigenvalue weighted by Gasteiger charge is 2.40. The van der Waals surface area contributed by atoms with Crippen molar-refractivity contribution in [3.05, 3.63) is 214 Å². The van der Waals surface area contributed by atoms with Crippen LogP contribution in [0.4, 0.5) is 17.1 Å². The maximum Gasteiger partial charge on any atom is 0.0987 e. The number of rotatable bonds is 9. The quantitative estimate of drug-likeness (QED) is 0.112. The summed E-state index contributed by atoms with van der Waals surface area (Å²) in [5.41, 5.74) is 3.33. The number of anilines is 3. The summed E-state index contributed by atoms with van der Waals surface area (Å²) in [7, 11) is -4.66. The van der Waals surface area contributed by atoms with Crippen LogP contribution in [0.25, 0.3) is 0 Å². The Hall–Kier alpha value is -4.80. The molecule has 0 aliphatic heterocycles. The smallest absolute Gasteiger partial charge is 0.0987 e. The lowest BCUT2D eigenvalue weighted by Gasteiger charge is -2.38. The van der Waals surface area contributed by atoms with Crippen molar-refractivity contribution in [2.75, 3.05) is 4.90 Å². The molecule has 0 N–H and O–H groups in total. The second-order valence-corrected chi connectivity index (χ2v) is 17.9. The van der Waals surface area contributed by atoms with Gasteiger partial charge in [0.15, 0.2) is 0 Å². The number of para-hydroxylation sites is 3. The standard InChI is InChI=1S/C44H37NP2/c1-46(37-24-10-4-11-25-37,38-26-12-5-13-27-38)43-34-20-18-32-41(43)45(36-22-8-3-9-23-36)42-33-19-21-35-44(42)47(2,39-28-14-6-15-29-39)40-30-16-7-17-31-40/h3-35H,1-2H2. The van der Waals surface area contributed by atoms with E-state index < -0.39 is 14.5 Å². The molecular weight excluding hydrogens is 604 g/mol.